The Morgan fingerprint density at radius 2 is 1.75 bits per heavy atom. The van der Waals surface area contributed by atoms with E-state index in [-0.39, 0.29) is 16.9 Å². The average Bonchev–Trinajstić information content (AvgIpc) is 2.51. The smallest absolute Gasteiger partial charge is 0.336 e. The number of benzene rings is 1. The van der Waals surface area contributed by atoms with Gasteiger partial charge in [-0.1, -0.05) is 0 Å². The molecule has 0 radical (unpaired) electrons. The molecule has 126 valence electrons. The predicted molar refractivity (Wildman–Crippen MR) is 91.9 cm³/mol. The molecule has 0 unspecified atom stereocenters. The van der Waals surface area contributed by atoms with Gasteiger partial charge >= 0.3 is 5.63 Å². The molecule has 0 spiro atoms. The fourth-order valence-electron chi connectivity index (χ4n) is 5.97. The maximum Gasteiger partial charge on any atom is 0.336 e. The van der Waals surface area contributed by atoms with Crippen LogP contribution in [0.1, 0.15) is 44.1 Å². The SMILES string of the molecule is O=c1cc(CNC23CC4CC(CC(C4)C2)C3)c2ccc(O)cc2o1. The van der Waals surface area contributed by atoms with E-state index in [2.05, 4.69) is 5.32 Å². The number of nitrogens with one attached hydrogen (secondary N) is 1. The summed E-state index contributed by atoms with van der Waals surface area (Å²) in [4.78, 5) is 11.9. The second-order valence-electron chi connectivity index (χ2n) is 8.32. The highest BCUT2D eigenvalue weighted by atomic mass is 16.4. The highest BCUT2D eigenvalue weighted by molar-refractivity contribution is 5.81. The van der Waals surface area contributed by atoms with Gasteiger partial charge in [-0.15, -0.1) is 0 Å². The Balaban J connectivity index is 1.44. The Kier molecular flexibility index (Phi) is 3.08. The van der Waals surface area contributed by atoms with Crippen LogP contribution in [0.25, 0.3) is 11.0 Å². The van der Waals surface area contributed by atoms with Gasteiger partial charge in [-0.05, 0) is 74.0 Å². The Morgan fingerprint density at radius 3 is 2.42 bits per heavy atom. The van der Waals surface area contributed by atoms with Gasteiger partial charge in [0.05, 0.1) is 0 Å². The first-order valence-electron chi connectivity index (χ1n) is 9.09. The Bertz CT molecular complexity index is 818. The number of hydrogen-bond donors (Lipinski definition) is 2. The number of phenolic OH excluding ortho intramolecular Hbond substituents is 1. The first-order chi connectivity index (χ1) is 11.6. The maximum absolute atomic E-state index is 11.9. The zero-order chi connectivity index (χ0) is 16.3. The van der Waals surface area contributed by atoms with Crippen LogP contribution < -0.4 is 10.9 Å². The third-order valence-electron chi connectivity index (χ3n) is 6.51. The molecule has 4 fully saturated rings. The van der Waals surface area contributed by atoms with Crippen LogP contribution in [-0.2, 0) is 6.54 Å². The summed E-state index contributed by atoms with van der Waals surface area (Å²) in [6.45, 7) is 0.693. The summed E-state index contributed by atoms with van der Waals surface area (Å²) in [6, 6.07) is 6.60. The van der Waals surface area contributed by atoms with Crippen LogP contribution in [0.2, 0.25) is 0 Å². The number of fused-ring (bicyclic) bond motifs is 1. The number of hydrogen-bond acceptors (Lipinski definition) is 4. The monoisotopic (exact) mass is 325 g/mol. The van der Waals surface area contributed by atoms with Crippen LogP contribution in [-0.4, -0.2) is 10.6 Å². The molecule has 6 rings (SSSR count). The van der Waals surface area contributed by atoms with Gasteiger partial charge in [0.2, 0.25) is 0 Å². The lowest BCUT2D eigenvalue weighted by Crippen LogP contribution is -2.58. The minimum atomic E-state index is -0.351. The lowest BCUT2D eigenvalue weighted by Gasteiger charge is -2.57. The first kappa shape index (κ1) is 14.5. The van der Waals surface area contributed by atoms with Crippen molar-refractivity contribution in [3.05, 3.63) is 40.2 Å². The van der Waals surface area contributed by atoms with E-state index < -0.39 is 0 Å². The molecule has 0 saturated heterocycles. The molecule has 1 aromatic heterocycles. The quantitative estimate of drug-likeness (QED) is 0.847. The van der Waals surface area contributed by atoms with Gasteiger partial charge in [0.1, 0.15) is 11.3 Å². The van der Waals surface area contributed by atoms with Gasteiger partial charge < -0.3 is 14.8 Å². The molecular formula is C20H23NO3. The van der Waals surface area contributed by atoms with Gasteiger partial charge in [0.25, 0.3) is 0 Å². The lowest BCUT2D eigenvalue weighted by molar-refractivity contribution is -0.0205. The minimum absolute atomic E-state index is 0.122. The van der Waals surface area contributed by atoms with E-state index in [1.807, 2.05) is 6.07 Å². The highest BCUT2D eigenvalue weighted by Crippen LogP contribution is 2.55. The van der Waals surface area contributed by atoms with Gasteiger partial charge in [-0.2, -0.15) is 0 Å². The van der Waals surface area contributed by atoms with Gasteiger partial charge in [-0.25, -0.2) is 4.79 Å². The van der Waals surface area contributed by atoms with Gasteiger partial charge in [0.15, 0.2) is 0 Å². The second kappa shape index (κ2) is 5.09. The molecule has 4 saturated carbocycles. The number of rotatable bonds is 3. The summed E-state index contributed by atoms with van der Waals surface area (Å²) < 4.78 is 5.24. The molecule has 4 aliphatic rings. The summed E-state index contributed by atoms with van der Waals surface area (Å²) >= 11 is 0. The molecule has 4 aliphatic carbocycles. The van der Waals surface area contributed by atoms with Gasteiger partial charge in [0, 0.05) is 29.6 Å². The van der Waals surface area contributed by atoms with Crippen molar-refractivity contribution in [1.29, 1.82) is 0 Å². The summed E-state index contributed by atoms with van der Waals surface area (Å²) in [7, 11) is 0. The summed E-state index contributed by atoms with van der Waals surface area (Å²) in [5, 5.41) is 14.4. The molecular weight excluding hydrogens is 302 g/mol. The summed E-state index contributed by atoms with van der Waals surface area (Å²) in [6.07, 6.45) is 8.16. The van der Waals surface area contributed by atoms with Crippen molar-refractivity contribution in [2.75, 3.05) is 0 Å². The first-order valence-corrected chi connectivity index (χ1v) is 9.09. The van der Waals surface area contributed by atoms with E-state index in [0.29, 0.717) is 12.1 Å². The molecule has 1 heterocycles. The van der Waals surface area contributed by atoms with Crippen molar-refractivity contribution in [2.45, 2.75) is 50.6 Å². The molecule has 4 heteroatoms. The van der Waals surface area contributed by atoms with Crippen LogP contribution in [0.5, 0.6) is 5.75 Å². The third-order valence-corrected chi connectivity index (χ3v) is 6.51. The Hall–Kier alpha value is -1.81. The third kappa shape index (κ3) is 2.35. The molecule has 2 N–H and O–H groups in total. The second-order valence-corrected chi connectivity index (χ2v) is 8.32. The molecule has 4 bridgehead atoms. The van der Waals surface area contributed by atoms with Crippen molar-refractivity contribution < 1.29 is 9.52 Å². The topological polar surface area (TPSA) is 62.5 Å². The molecule has 0 aliphatic heterocycles. The maximum atomic E-state index is 11.9. The van der Waals surface area contributed by atoms with E-state index in [1.165, 1.54) is 44.6 Å². The fraction of sp³-hybridized carbons (Fsp3) is 0.550. The van der Waals surface area contributed by atoms with Crippen molar-refractivity contribution in [3.8, 4) is 5.75 Å². The van der Waals surface area contributed by atoms with E-state index >= 15 is 0 Å². The molecule has 0 amide bonds. The van der Waals surface area contributed by atoms with Crippen LogP contribution in [0.3, 0.4) is 0 Å². The molecule has 24 heavy (non-hydrogen) atoms. The van der Waals surface area contributed by atoms with Crippen LogP contribution in [0, 0.1) is 17.8 Å². The standard InChI is InChI=1S/C20H23NO3/c22-16-1-2-17-15(6-19(23)24-18(17)7-16)11-21-20-8-12-3-13(9-20)5-14(4-12)10-20/h1-2,6-7,12-14,21-22H,3-5,8-11H2. The van der Waals surface area contributed by atoms with E-state index in [4.69, 9.17) is 4.42 Å². The minimum Gasteiger partial charge on any atom is -0.508 e. The highest BCUT2D eigenvalue weighted by Gasteiger charge is 2.50. The van der Waals surface area contributed by atoms with Gasteiger partial charge in [-0.3, -0.25) is 0 Å². The molecule has 4 nitrogen and oxygen atoms in total. The van der Waals surface area contributed by atoms with E-state index in [9.17, 15) is 9.90 Å². The number of aromatic hydroxyl groups is 1. The molecule has 1 aromatic carbocycles. The van der Waals surface area contributed by atoms with Crippen LogP contribution in [0.4, 0.5) is 0 Å². The Morgan fingerprint density at radius 1 is 1.08 bits per heavy atom. The Labute approximate surface area is 140 Å². The van der Waals surface area contributed by atoms with E-state index in [1.54, 1.807) is 12.1 Å². The van der Waals surface area contributed by atoms with Crippen molar-refractivity contribution >= 4 is 11.0 Å². The van der Waals surface area contributed by atoms with Crippen LogP contribution in [0.15, 0.2) is 33.5 Å². The number of phenols is 1. The molecule has 2 aromatic rings. The normalized spacial score (nSPS) is 34.1. The largest absolute Gasteiger partial charge is 0.508 e. The lowest BCUT2D eigenvalue weighted by atomic mass is 9.53. The van der Waals surface area contributed by atoms with Crippen LogP contribution >= 0.6 is 0 Å². The fourth-order valence-corrected chi connectivity index (χ4v) is 5.97. The predicted octanol–water partition coefficient (Wildman–Crippen LogP) is 3.56. The molecule has 0 atom stereocenters. The zero-order valence-corrected chi connectivity index (χ0v) is 13.8. The zero-order valence-electron chi connectivity index (χ0n) is 13.8. The van der Waals surface area contributed by atoms with E-state index in [0.717, 1.165) is 28.7 Å². The summed E-state index contributed by atoms with van der Waals surface area (Å²) in [5.41, 5.74) is 1.35. The van der Waals surface area contributed by atoms with Crippen molar-refractivity contribution in [1.82, 2.24) is 5.32 Å². The van der Waals surface area contributed by atoms with Crippen molar-refractivity contribution in [3.63, 3.8) is 0 Å². The van der Waals surface area contributed by atoms with Crippen molar-refractivity contribution in [2.24, 2.45) is 17.8 Å². The summed E-state index contributed by atoms with van der Waals surface area (Å²) in [5.74, 6) is 2.83. The average molecular weight is 325 g/mol.